The zero-order valence-electron chi connectivity index (χ0n) is 11.1. The molecule has 104 valence electrons. The summed E-state index contributed by atoms with van der Waals surface area (Å²) in [6.07, 6.45) is 0. The van der Waals surface area contributed by atoms with Crippen LogP contribution in [0.25, 0.3) is 0 Å². The monoisotopic (exact) mass is 264 g/mol. The summed E-state index contributed by atoms with van der Waals surface area (Å²) in [7, 11) is 1.96. The van der Waals surface area contributed by atoms with Gasteiger partial charge in [0.15, 0.2) is 0 Å². The van der Waals surface area contributed by atoms with E-state index in [9.17, 15) is 9.59 Å². The summed E-state index contributed by atoms with van der Waals surface area (Å²) < 4.78 is 0. The van der Waals surface area contributed by atoms with Gasteiger partial charge in [-0.2, -0.15) is 0 Å². The van der Waals surface area contributed by atoms with E-state index < -0.39 is 0 Å². The van der Waals surface area contributed by atoms with Gasteiger partial charge in [-0.1, -0.05) is 18.2 Å². The smallest absolute Gasteiger partial charge is 0.239 e. The molecule has 0 aliphatic carbocycles. The molecular formula is C13H20N4O2. The van der Waals surface area contributed by atoms with Crippen LogP contribution in [0.15, 0.2) is 30.3 Å². The summed E-state index contributed by atoms with van der Waals surface area (Å²) in [6, 6.07) is 9.89. The Morgan fingerprint density at radius 2 is 1.84 bits per heavy atom. The van der Waals surface area contributed by atoms with E-state index in [0.717, 1.165) is 5.69 Å². The Hall–Kier alpha value is -2.08. The highest BCUT2D eigenvalue weighted by Gasteiger charge is 2.04. The fraction of sp³-hybridized carbons (Fsp3) is 0.385. The zero-order valence-corrected chi connectivity index (χ0v) is 11.1. The molecule has 6 nitrogen and oxygen atoms in total. The molecule has 19 heavy (non-hydrogen) atoms. The van der Waals surface area contributed by atoms with Crippen LogP contribution < -0.4 is 21.3 Å². The number of nitrogens with zero attached hydrogens (tertiary/aromatic N) is 1. The van der Waals surface area contributed by atoms with Crippen molar-refractivity contribution in [1.29, 1.82) is 0 Å². The first-order valence-corrected chi connectivity index (χ1v) is 6.13. The molecule has 0 radical (unpaired) electrons. The third-order valence-corrected chi connectivity index (χ3v) is 2.60. The molecule has 0 aliphatic rings. The minimum atomic E-state index is -0.337. The number of benzene rings is 1. The first-order valence-electron chi connectivity index (χ1n) is 6.13. The quantitative estimate of drug-likeness (QED) is 0.608. The van der Waals surface area contributed by atoms with Crippen molar-refractivity contribution < 1.29 is 9.59 Å². The number of hydrogen-bond acceptors (Lipinski definition) is 4. The van der Waals surface area contributed by atoms with Crippen molar-refractivity contribution in [3.8, 4) is 0 Å². The first-order chi connectivity index (χ1) is 9.13. The second-order valence-electron chi connectivity index (χ2n) is 4.09. The Bertz CT molecular complexity index is 408. The highest BCUT2D eigenvalue weighted by Crippen LogP contribution is 2.09. The number of para-hydroxylation sites is 1. The second-order valence-corrected chi connectivity index (χ2v) is 4.09. The number of nitrogens with one attached hydrogen (secondary N) is 2. The van der Waals surface area contributed by atoms with Crippen molar-refractivity contribution in [1.82, 2.24) is 10.6 Å². The number of amides is 2. The Morgan fingerprint density at radius 3 is 2.47 bits per heavy atom. The van der Waals surface area contributed by atoms with Crippen molar-refractivity contribution >= 4 is 17.5 Å². The molecule has 0 fully saturated rings. The maximum absolute atomic E-state index is 11.4. The number of hydrogen-bond donors (Lipinski definition) is 3. The Morgan fingerprint density at radius 1 is 1.16 bits per heavy atom. The SMILES string of the molecule is CN(CCNC(=O)CNC(=O)CN)c1ccccc1. The van der Waals surface area contributed by atoms with Gasteiger partial charge in [-0.05, 0) is 12.1 Å². The van der Waals surface area contributed by atoms with Crippen molar-refractivity contribution in [2.24, 2.45) is 5.73 Å². The standard InChI is InChI=1S/C13H20N4O2/c1-17(11-5-3-2-4-6-11)8-7-15-13(19)10-16-12(18)9-14/h2-6H,7-10,14H2,1H3,(H,15,19)(H,16,18). The second kappa shape index (κ2) is 8.10. The molecule has 1 rings (SSSR count). The van der Waals surface area contributed by atoms with Crippen LogP contribution in [0.4, 0.5) is 5.69 Å². The molecule has 0 heterocycles. The minimum Gasteiger partial charge on any atom is -0.373 e. The van der Waals surface area contributed by atoms with Crippen molar-refractivity contribution in [3.63, 3.8) is 0 Å². The number of carbonyl (C=O) groups excluding carboxylic acids is 2. The highest BCUT2D eigenvalue weighted by molar-refractivity contribution is 5.85. The van der Waals surface area contributed by atoms with Crippen LogP contribution in [0.2, 0.25) is 0 Å². The lowest BCUT2D eigenvalue weighted by molar-refractivity contribution is -0.125. The highest BCUT2D eigenvalue weighted by atomic mass is 16.2. The van der Waals surface area contributed by atoms with E-state index in [1.807, 2.05) is 42.3 Å². The van der Waals surface area contributed by atoms with E-state index in [2.05, 4.69) is 10.6 Å². The van der Waals surface area contributed by atoms with Crippen LogP contribution in [-0.2, 0) is 9.59 Å². The average Bonchev–Trinajstić information content (AvgIpc) is 2.45. The topological polar surface area (TPSA) is 87.5 Å². The maximum atomic E-state index is 11.4. The lowest BCUT2D eigenvalue weighted by Crippen LogP contribution is -2.41. The van der Waals surface area contributed by atoms with E-state index in [1.54, 1.807) is 0 Å². The van der Waals surface area contributed by atoms with Gasteiger partial charge in [0.1, 0.15) is 0 Å². The lowest BCUT2D eigenvalue weighted by atomic mass is 10.3. The average molecular weight is 264 g/mol. The maximum Gasteiger partial charge on any atom is 0.239 e. The Kier molecular flexibility index (Phi) is 6.38. The summed E-state index contributed by atoms with van der Waals surface area (Å²) in [5.74, 6) is -0.556. The summed E-state index contributed by atoms with van der Waals surface area (Å²) >= 11 is 0. The van der Waals surface area contributed by atoms with Crippen LogP contribution in [0.3, 0.4) is 0 Å². The molecule has 2 amide bonds. The molecular weight excluding hydrogens is 244 g/mol. The van der Waals surface area contributed by atoms with Crippen LogP contribution in [-0.4, -0.2) is 45.0 Å². The molecule has 0 spiro atoms. The number of anilines is 1. The van der Waals surface area contributed by atoms with E-state index in [1.165, 1.54) is 0 Å². The fourth-order valence-corrected chi connectivity index (χ4v) is 1.49. The van der Waals surface area contributed by atoms with Gasteiger partial charge in [-0.3, -0.25) is 9.59 Å². The third-order valence-electron chi connectivity index (χ3n) is 2.60. The van der Waals surface area contributed by atoms with Crippen molar-refractivity contribution in [2.75, 3.05) is 38.1 Å². The van der Waals surface area contributed by atoms with Gasteiger partial charge in [-0.15, -0.1) is 0 Å². The lowest BCUT2D eigenvalue weighted by Gasteiger charge is -2.19. The third kappa shape index (κ3) is 5.87. The van der Waals surface area contributed by atoms with E-state index >= 15 is 0 Å². The molecule has 4 N–H and O–H groups in total. The first kappa shape index (κ1) is 15.0. The van der Waals surface area contributed by atoms with E-state index in [4.69, 9.17) is 5.73 Å². The normalized spacial score (nSPS) is 9.79. The van der Waals surface area contributed by atoms with Gasteiger partial charge in [0.05, 0.1) is 13.1 Å². The van der Waals surface area contributed by atoms with Gasteiger partial charge < -0.3 is 21.3 Å². The summed E-state index contributed by atoms with van der Waals surface area (Å²) in [6.45, 7) is 1.07. The van der Waals surface area contributed by atoms with Gasteiger partial charge in [0, 0.05) is 25.8 Å². The van der Waals surface area contributed by atoms with Crippen LogP contribution >= 0.6 is 0 Å². The van der Waals surface area contributed by atoms with E-state index in [-0.39, 0.29) is 24.9 Å². The van der Waals surface area contributed by atoms with Crippen LogP contribution in [0.1, 0.15) is 0 Å². The van der Waals surface area contributed by atoms with Gasteiger partial charge >= 0.3 is 0 Å². The molecule has 0 saturated carbocycles. The number of likely N-dealkylation sites (N-methyl/N-ethyl adjacent to an activating group) is 1. The van der Waals surface area contributed by atoms with Crippen LogP contribution in [0.5, 0.6) is 0 Å². The summed E-state index contributed by atoms with van der Waals surface area (Å²) in [5.41, 5.74) is 6.20. The molecule has 0 saturated heterocycles. The summed E-state index contributed by atoms with van der Waals surface area (Å²) in [4.78, 5) is 24.3. The Balaban J connectivity index is 2.19. The van der Waals surface area contributed by atoms with E-state index in [0.29, 0.717) is 13.1 Å². The largest absolute Gasteiger partial charge is 0.373 e. The molecule has 1 aromatic carbocycles. The van der Waals surface area contributed by atoms with Gasteiger partial charge in [0.2, 0.25) is 11.8 Å². The molecule has 0 bridgehead atoms. The van der Waals surface area contributed by atoms with Crippen molar-refractivity contribution in [3.05, 3.63) is 30.3 Å². The summed E-state index contributed by atoms with van der Waals surface area (Å²) in [5, 5.41) is 5.14. The minimum absolute atomic E-state index is 0.0366. The number of rotatable bonds is 7. The molecule has 1 aromatic rings. The molecule has 0 atom stereocenters. The molecule has 0 unspecified atom stereocenters. The predicted molar refractivity (Wildman–Crippen MR) is 74.8 cm³/mol. The predicted octanol–water partition coefficient (Wildman–Crippen LogP) is -0.686. The number of carbonyl (C=O) groups is 2. The van der Waals surface area contributed by atoms with Crippen molar-refractivity contribution in [2.45, 2.75) is 0 Å². The van der Waals surface area contributed by atoms with Gasteiger partial charge in [0.25, 0.3) is 0 Å². The Labute approximate surface area is 113 Å². The molecule has 6 heteroatoms. The molecule has 0 aliphatic heterocycles. The number of nitrogens with two attached hydrogens (primary N) is 1. The molecule has 0 aromatic heterocycles. The zero-order chi connectivity index (χ0) is 14.1. The van der Waals surface area contributed by atoms with Gasteiger partial charge in [-0.25, -0.2) is 0 Å². The fourth-order valence-electron chi connectivity index (χ4n) is 1.49. The van der Waals surface area contributed by atoms with Crippen LogP contribution in [0, 0.1) is 0 Å².